The highest BCUT2D eigenvalue weighted by Gasteiger charge is 2.35. The SMILES string of the molecule is CC1(C)CC(N2CCC(CN3CCCC3)CC2)CN1. The molecule has 19 heavy (non-hydrogen) atoms. The molecule has 0 aromatic carbocycles. The molecule has 0 saturated carbocycles. The third-order valence-corrected chi connectivity index (χ3v) is 5.44. The fourth-order valence-corrected chi connectivity index (χ4v) is 4.22. The van der Waals surface area contributed by atoms with Gasteiger partial charge in [-0.25, -0.2) is 0 Å². The molecule has 1 N–H and O–H groups in total. The van der Waals surface area contributed by atoms with E-state index in [1.54, 1.807) is 0 Å². The van der Waals surface area contributed by atoms with Gasteiger partial charge in [0.25, 0.3) is 0 Å². The van der Waals surface area contributed by atoms with Crippen LogP contribution < -0.4 is 5.32 Å². The number of nitrogens with zero attached hydrogens (tertiary/aromatic N) is 2. The van der Waals surface area contributed by atoms with Gasteiger partial charge >= 0.3 is 0 Å². The Bertz CT molecular complexity index is 288. The van der Waals surface area contributed by atoms with Crippen molar-refractivity contribution in [1.29, 1.82) is 0 Å². The molecule has 0 bridgehead atoms. The summed E-state index contributed by atoms with van der Waals surface area (Å²) in [5.74, 6) is 0.969. The third kappa shape index (κ3) is 3.50. The molecule has 3 nitrogen and oxygen atoms in total. The fourth-order valence-electron chi connectivity index (χ4n) is 4.22. The highest BCUT2D eigenvalue weighted by atomic mass is 15.2. The van der Waals surface area contributed by atoms with Crippen LogP contribution in [0.4, 0.5) is 0 Å². The van der Waals surface area contributed by atoms with Crippen molar-refractivity contribution in [2.45, 2.75) is 57.5 Å². The molecule has 1 unspecified atom stereocenters. The predicted molar refractivity (Wildman–Crippen MR) is 80.5 cm³/mol. The van der Waals surface area contributed by atoms with Gasteiger partial charge in [-0.3, -0.25) is 4.90 Å². The number of likely N-dealkylation sites (tertiary alicyclic amines) is 2. The maximum absolute atomic E-state index is 3.66. The van der Waals surface area contributed by atoms with Crippen molar-refractivity contribution < 1.29 is 0 Å². The first-order valence-electron chi connectivity index (χ1n) is 8.34. The van der Waals surface area contributed by atoms with E-state index in [0.717, 1.165) is 12.0 Å². The Morgan fingerprint density at radius 3 is 2.32 bits per heavy atom. The molecule has 3 aliphatic heterocycles. The van der Waals surface area contributed by atoms with Crippen LogP contribution in [0.15, 0.2) is 0 Å². The van der Waals surface area contributed by atoms with Gasteiger partial charge in [0.1, 0.15) is 0 Å². The minimum absolute atomic E-state index is 0.358. The van der Waals surface area contributed by atoms with Crippen molar-refractivity contribution in [1.82, 2.24) is 15.1 Å². The molecule has 3 fully saturated rings. The second-order valence-electron chi connectivity index (χ2n) is 7.61. The topological polar surface area (TPSA) is 18.5 Å². The van der Waals surface area contributed by atoms with Crippen molar-refractivity contribution in [3.63, 3.8) is 0 Å². The average molecular weight is 265 g/mol. The number of rotatable bonds is 3. The lowest BCUT2D eigenvalue weighted by molar-refractivity contribution is 0.119. The highest BCUT2D eigenvalue weighted by Crippen LogP contribution is 2.27. The Kier molecular flexibility index (Phi) is 4.16. The summed E-state index contributed by atoms with van der Waals surface area (Å²) >= 11 is 0. The summed E-state index contributed by atoms with van der Waals surface area (Å²) in [5.41, 5.74) is 0.358. The Balaban J connectivity index is 1.42. The lowest BCUT2D eigenvalue weighted by atomic mass is 9.93. The summed E-state index contributed by atoms with van der Waals surface area (Å²) in [7, 11) is 0. The van der Waals surface area contributed by atoms with E-state index >= 15 is 0 Å². The van der Waals surface area contributed by atoms with E-state index in [4.69, 9.17) is 0 Å². The van der Waals surface area contributed by atoms with Gasteiger partial charge in [-0.2, -0.15) is 0 Å². The van der Waals surface area contributed by atoms with E-state index < -0.39 is 0 Å². The summed E-state index contributed by atoms with van der Waals surface area (Å²) in [6, 6.07) is 0.794. The number of hydrogen-bond acceptors (Lipinski definition) is 3. The monoisotopic (exact) mass is 265 g/mol. The van der Waals surface area contributed by atoms with Gasteiger partial charge in [0.05, 0.1) is 0 Å². The molecule has 0 aliphatic carbocycles. The summed E-state index contributed by atoms with van der Waals surface area (Å²) in [6.07, 6.45) is 7.04. The molecule has 0 aromatic heterocycles. The van der Waals surface area contributed by atoms with Crippen LogP contribution in [-0.4, -0.2) is 60.6 Å². The van der Waals surface area contributed by atoms with Gasteiger partial charge in [-0.15, -0.1) is 0 Å². The van der Waals surface area contributed by atoms with Gasteiger partial charge < -0.3 is 10.2 Å². The van der Waals surface area contributed by atoms with Crippen LogP contribution >= 0.6 is 0 Å². The largest absolute Gasteiger partial charge is 0.310 e. The summed E-state index contributed by atoms with van der Waals surface area (Å²) in [5, 5.41) is 3.66. The average Bonchev–Trinajstić information content (AvgIpc) is 3.00. The molecule has 110 valence electrons. The van der Waals surface area contributed by atoms with E-state index in [0.29, 0.717) is 5.54 Å². The van der Waals surface area contributed by atoms with Crippen molar-refractivity contribution in [3.8, 4) is 0 Å². The van der Waals surface area contributed by atoms with Crippen LogP contribution in [0, 0.1) is 5.92 Å². The number of hydrogen-bond donors (Lipinski definition) is 1. The molecular formula is C16H31N3. The first-order chi connectivity index (χ1) is 9.12. The van der Waals surface area contributed by atoms with E-state index in [9.17, 15) is 0 Å². The lowest BCUT2D eigenvalue weighted by Crippen LogP contribution is -2.44. The van der Waals surface area contributed by atoms with Crippen LogP contribution in [0.25, 0.3) is 0 Å². The van der Waals surface area contributed by atoms with Gasteiger partial charge in [0.2, 0.25) is 0 Å². The zero-order valence-corrected chi connectivity index (χ0v) is 12.8. The molecule has 3 rings (SSSR count). The smallest absolute Gasteiger partial charge is 0.0238 e. The minimum Gasteiger partial charge on any atom is -0.310 e. The lowest BCUT2D eigenvalue weighted by Gasteiger charge is -2.37. The third-order valence-electron chi connectivity index (χ3n) is 5.44. The maximum atomic E-state index is 3.66. The minimum atomic E-state index is 0.358. The Morgan fingerprint density at radius 2 is 1.74 bits per heavy atom. The fraction of sp³-hybridized carbons (Fsp3) is 1.00. The molecule has 3 heteroatoms. The van der Waals surface area contributed by atoms with E-state index in [-0.39, 0.29) is 0 Å². The van der Waals surface area contributed by atoms with Gasteiger partial charge in [0.15, 0.2) is 0 Å². The number of nitrogens with one attached hydrogen (secondary N) is 1. The van der Waals surface area contributed by atoms with Crippen molar-refractivity contribution in [3.05, 3.63) is 0 Å². The first-order valence-corrected chi connectivity index (χ1v) is 8.34. The Morgan fingerprint density at radius 1 is 1.05 bits per heavy atom. The van der Waals surface area contributed by atoms with E-state index in [1.165, 1.54) is 71.4 Å². The molecule has 3 aliphatic rings. The highest BCUT2D eigenvalue weighted by molar-refractivity contribution is 4.95. The second kappa shape index (κ2) is 5.71. The normalized spacial score (nSPS) is 34.1. The Labute approximate surface area is 118 Å². The zero-order valence-electron chi connectivity index (χ0n) is 12.8. The predicted octanol–water partition coefficient (Wildman–Crippen LogP) is 1.93. The van der Waals surface area contributed by atoms with E-state index in [2.05, 4.69) is 29.0 Å². The molecule has 0 radical (unpaired) electrons. The maximum Gasteiger partial charge on any atom is 0.0238 e. The molecule has 3 saturated heterocycles. The standard InChI is InChI=1S/C16H31N3/c1-16(2)11-15(12-17-16)19-9-5-14(6-10-19)13-18-7-3-4-8-18/h14-15,17H,3-13H2,1-2H3. The summed E-state index contributed by atoms with van der Waals surface area (Å²) in [4.78, 5) is 5.45. The van der Waals surface area contributed by atoms with Crippen LogP contribution in [0.1, 0.15) is 46.0 Å². The molecule has 1 atom stereocenters. The molecule has 0 spiro atoms. The number of piperidine rings is 1. The quantitative estimate of drug-likeness (QED) is 0.841. The second-order valence-corrected chi connectivity index (χ2v) is 7.61. The Hall–Kier alpha value is -0.120. The van der Waals surface area contributed by atoms with Gasteiger partial charge in [0, 0.05) is 24.7 Å². The molecule has 3 heterocycles. The molecule has 0 amide bonds. The van der Waals surface area contributed by atoms with Crippen LogP contribution in [0.2, 0.25) is 0 Å². The molecular weight excluding hydrogens is 234 g/mol. The van der Waals surface area contributed by atoms with Crippen molar-refractivity contribution >= 4 is 0 Å². The van der Waals surface area contributed by atoms with Crippen LogP contribution in [-0.2, 0) is 0 Å². The zero-order chi connectivity index (χ0) is 13.3. The van der Waals surface area contributed by atoms with Crippen molar-refractivity contribution in [2.75, 3.05) is 39.3 Å². The van der Waals surface area contributed by atoms with E-state index in [1.807, 2.05) is 0 Å². The first kappa shape index (κ1) is 13.8. The molecule has 0 aromatic rings. The van der Waals surface area contributed by atoms with Crippen LogP contribution in [0.5, 0.6) is 0 Å². The van der Waals surface area contributed by atoms with Crippen LogP contribution in [0.3, 0.4) is 0 Å². The summed E-state index contributed by atoms with van der Waals surface area (Å²) in [6.45, 7) is 12.6. The van der Waals surface area contributed by atoms with Gasteiger partial charge in [-0.1, -0.05) is 0 Å². The van der Waals surface area contributed by atoms with Gasteiger partial charge in [-0.05, 0) is 78.0 Å². The van der Waals surface area contributed by atoms with Crippen molar-refractivity contribution in [2.24, 2.45) is 5.92 Å². The summed E-state index contributed by atoms with van der Waals surface area (Å²) < 4.78 is 0.